The second kappa shape index (κ2) is 4.77. The van der Waals surface area contributed by atoms with Crippen LogP contribution >= 0.6 is 0 Å². The molecular formula is C15H12FN3O. The van der Waals surface area contributed by atoms with Crippen LogP contribution in [0.25, 0.3) is 16.9 Å². The molecule has 2 aromatic heterocycles. The van der Waals surface area contributed by atoms with Crippen molar-refractivity contribution < 1.29 is 9.18 Å². The van der Waals surface area contributed by atoms with Gasteiger partial charge in [-0.1, -0.05) is 0 Å². The van der Waals surface area contributed by atoms with Crippen LogP contribution in [0.4, 0.5) is 4.39 Å². The van der Waals surface area contributed by atoms with Gasteiger partial charge in [-0.05, 0) is 36.8 Å². The Morgan fingerprint density at radius 2 is 2.20 bits per heavy atom. The number of hydrogen-bond donors (Lipinski definition) is 1. The molecular weight excluding hydrogens is 257 g/mol. The van der Waals surface area contributed by atoms with E-state index in [-0.39, 0.29) is 5.82 Å². The Morgan fingerprint density at radius 3 is 2.85 bits per heavy atom. The molecule has 100 valence electrons. The van der Waals surface area contributed by atoms with Crippen LogP contribution in [0.3, 0.4) is 0 Å². The fraction of sp³-hybridized carbons (Fsp3) is 0.0667. The second-order valence-electron chi connectivity index (χ2n) is 4.58. The number of aryl methyl sites for hydroxylation is 1. The third-order valence-electron chi connectivity index (χ3n) is 3.03. The van der Waals surface area contributed by atoms with Gasteiger partial charge in [-0.3, -0.25) is 4.79 Å². The highest BCUT2D eigenvalue weighted by atomic mass is 19.1. The predicted octanol–water partition coefficient (Wildman–Crippen LogP) is 3.13. The van der Waals surface area contributed by atoms with E-state index < -0.39 is 0 Å². The summed E-state index contributed by atoms with van der Waals surface area (Å²) >= 11 is 0. The minimum atomic E-state index is -0.327. The molecule has 4 nitrogen and oxygen atoms in total. The number of nitrogens with zero attached hydrogens (tertiary/aromatic N) is 2. The minimum Gasteiger partial charge on any atom is -0.367 e. The van der Waals surface area contributed by atoms with Gasteiger partial charge in [0.05, 0.1) is 11.3 Å². The van der Waals surface area contributed by atoms with Gasteiger partial charge < -0.3 is 4.98 Å². The summed E-state index contributed by atoms with van der Waals surface area (Å²) in [7, 11) is 0. The van der Waals surface area contributed by atoms with E-state index in [0.29, 0.717) is 16.9 Å². The maximum Gasteiger partial charge on any atom is 0.153 e. The first-order valence-corrected chi connectivity index (χ1v) is 6.13. The number of aromatic amines is 1. The van der Waals surface area contributed by atoms with Gasteiger partial charge in [0, 0.05) is 24.2 Å². The van der Waals surface area contributed by atoms with Crippen molar-refractivity contribution in [1.82, 2.24) is 14.8 Å². The predicted molar refractivity (Wildman–Crippen MR) is 73.4 cm³/mol. The summed E-state index contributed by atoms with van der Waals surface area (Å²) in [6.07, 6.45) is 5.87. The Bertz CT molecular complexity index is 739. The number of aromatic nitrogens is 3. The molecule has 1 N–H and O–H groups in total. The summed E-state index contributed by atoms with van der Waals surface area (Å²) < 4.78 is 15.0. The molecule has 5 heteroatoms. The molecule has 0 fully saturated rings. The molecule has 2 heterocycles. The third kappa shape index (κ3) is 2.14. The van der Waals surface area contributed by atoms with Crippen LogP contribution in [-0.2, 0) is 0 Å². The second-order valence-corrected chi connectivity index (χ2v) is 4.58. The van der Waals surface area contributed by atoms with E-state index in [9.17, 15) is 9.18 Å². The van der Waals surface area contributed by atoms with Crippen LogP contribution in [0, 0.1) is 12.7 Å². The van der Waals surface area contributed by atoms with E-state index in [1.807, 2.05) is 19.1 Å². The van der Waals surface area contributed by atoms with Crippen molar-refractivity contribution in [2.24, 2.45) is 0 Å². The number of hydrogen-bond acceptors (Lipinski definition) is 2. The Balaban J connectivity index is 2.14. The number of rotatable bonds is 3. The first-order chi connectivity index (χ1) is 9.67. The van der Waals surface area contributed by atoms with Crippen molar-refractivity contribution in [3.8, 4) is 16.9 Å². The van der Waals surface area contributed by atoms with Gasteiger partial charge in [0.1, 0.15) is 11.5 Å². The molecule has 0 aliphatic rings. The lowest BCUT2D eigenvalue weighted by Crippen LogP contribution is -1.96. The van der Waals surface area contributed by atoms with E-state index in [1.165, 1.54) is 16.8 Å². The zero-order chi connectivity index (χ0) is 14.1. The molecule has 0 atom stereocenters. The number of halogens is 1. The summed E-state index contributed by atoms with van der Waals surface area (Å²) in [5.41, 5.74) is 3.24. The summed E-state index contributed by atoms with van der Waals surface area (Å²) in [6.45, 7) is 1.81. The maximum absolute atomic E-state index is 13.5. The highest BCUT2D eigenvalue weighted by Gasteiger charge is 2.12. The highest BCUT2D eigenvalue weighted by molar-refractivity contribution is 5.85. The topological polar surface area (TPSA) is 50.7 Å². The zero-order valence-corrected chi connectivity index (χ0v) is 10.8. The average molecular weight is 269 g/mol. The Morgan fingerprint density at radius 1 is 1.35 bits per heavy atom. The number of benzene rings is 1. The molecule has 0 amide bonds. The van der Waals surface area contributed by atoms with Gasteiger partial charge in [0.25, 0.3) is 0 Å². The first kappa shape index (κ1) is 12.3. The number of H-pyrrole nitrogens is 1. The Kier molecular flexibility index (Phi) is 2.95. The molecule has 0 saturated carbocycles. The van der Waals surface area contributed by atoms with Crippen molar-refractivity contribution in [3.63, 3.8) is 0 Å². The van der Waals surface area contributed by atoms with Crippen LogP contribution in [-0.4, -0.2) is 21.1 Å². The highest BCUT2D eigenvalue weighted by Crippen LogP contribution is 2.22. The minimum absolute atomic E-state index is 0.327. The van der Waals surface area contributed by atoms with Gasteiger partial charge in [-0.15, -0.1) is 0 Å². The van der Waals surface area contributed by atoms with Crippen LogP contribution in [0.2, 0.25) is 0 Å². The molecule has 20 heavy (non-hydrogen) atoms. The Hall–Kier alpha value is -2.69. The Labute approximate surface area is 114 Å². The summed E-state index contributed by atoms with van der Waals surface area (Å²) in [5.74, 6) is -0.327. The van der Waals surface area contributed by atoms with Crippen molar-refractivity contribution in [3.05, 3.63) is 59.8 Å². The zero-order valence-electron chi connectivity index (χ0n) is 10.8. The molecule has 0 aliphatic heterocycles. The van der Waals surface area contributed by atoms with Crippen molar-refractivity contribution in [2.45, 2.75) is 6.92 Å². The monoisotopic (exact) mass is 269 g/mol. The van der Waals surface area contributed by atoms with Gasteiger partial charge in [-0.25, -0.2) is 9.07 Å². The van der Waals surface area contributed by atoms with Crippen LogP contribution in [0.5, 0.6) is 0 Å². The lowest BCUT2D eigenvalue weighted by molar-refractivity contribution is 0.112. The number of aldehydes is 1. The summed E-state index contributed by atoms with van der Waals surface area (Å²) in [5, 5.41) is 4.37. The number of nitrogens with one attached hydrogen (secondary N) is 1. The van der Waals surface area contributed by atoms with Gasteiger partial charge >= 0.3 is 0 Å². The van der Waals surface area contributed by atoms with Crippen LogP contribution < -0.4 is 0 Å². The smallest absolute Gasteiger partial charge is 0.153 e. The van der Waals surface area contributed by atoms with Gasteiger partial charge in [0.15, 0.2) is 6.29 Å². The summed E-state index contributed by atoms with van der Waals surface area (Å²) in [6, 6.07) is 6.47. The lowest BCUT2D eigenvalue weighted by atomic mass is 10.2. The lowest BCUT2D eigenvalue weighted by Gasteiger charge is -2.03. The van der Waals surface area contributed by atoms with Gasteiger partial charge in [-0.2, -0.15) is 5.10 Å². The molecule has 0 radical (unpaired) electrons. The van der Waals surface area contributed by atoms with Crippen molar-refractivity contribution in [2.75, 3.05) is 0 Å². The maximum atomic E-state index is 13.5. The normalized spacial score (nSPS) is 10.7. The fourth-order valence-electron chi connectivity index (χ4n) is 2.15. The summed E-state index contributed by atoms with van der Waals surface area (Å²) in [4.78, 5) is 14.1. The molecule has 0 aliphatic carbocycles. The molecule has 1 aromatic carbocycles. The fourth-order valence-corrected chi connectivity index (χ4v) is 2.15. The van der Waals surface area contributed by atoms with Crippen LogP contribution in [0.1, 0.15) is 15.9 Å². The average Bonchev–Trinajstić information content (AvgIpc) is 3.06. The third-order valence-corrected chi connectivity index (χ3v) is 3.03. The van der Waals surface area contributed by atoms with Crippen molar-refractivity contribution >= 4 is 6.29 Å². The quantitative estimate of drug-likeness (QED) is 0.743. The van der Waals surface area contributed by atoms with Crippen LogP contribution in [0.15, 0.2) is 42.9 Å². The molecule has 0 saturated heterocycles. The SMILES string of the molecule is Cc1cc(F)cc(-n2cc(C=O)c(-c3cc[nH]c3)n2)c1. The first-order valence-electron chi connectivity index (χ1n) is 6.13. The van der Waals surface area contributed by atoms with E-state index in [0.717, 1.165) is 17.4 Å². The van der Waals surface area contributed by atoms with Gasteiger partial charge in [0.2, 0.25) is 0 Å². The van der Waals surface area contributed by atoms with E-state index >= 15 is 0 Å². The number of carbonyl (C=O) groups is 1. The molecule has 0 spiro atoms. The standard InChI is InChI=1S/C15H12FN3O/c1-10-4-13(16)6-14(5-10)19-8-12(9-20)15(18-19)11-2-3-17-7-11/h2-9,17H,1H3. The molecule has 0 unspecified atom stereocenters. The molecule has 0 bridgehead atoms. The van der Waals surface area contributed by atoms with E-state index in [4.69, 9.17) is 0 Å². The van der Waals surface area contributed by atoms with E-state index in [1.54, 1.807) is 18.6 Å². The van der Waals surface area contributed by atoms with Crippen molar-refractivity contribution in [1.29, 1.82) is 0 Å². The largest absolute Gasteiger partial charge is 0.367 e. The molecule has 3 rings (SSSR count). The number of carbonyl (C=O) groups excluding carboxylic acids is 1. The van der Waals surface area contributed by atoms with E-state index in [2.05, 4.69) is 10.1 Å². The molecule has 3 aromatic rings.